The summed E-state index contributed by atoms with van der Waals surface area (Å²) in [6.45, 7) is 2.02. The number of fused-ring (bicyclic) bond motifs is 1. The molecule has 0 unspecified atom stereocenters. The van der Waals surface area contributed by atoms with Crippen molar-refractivity contribution in [2.75, 3.05) is 0 Å². The Kier molecular flexibility index (Phi) is 5.58. The van der Waals surface area contributed by atoms with Crippen LogP contribution in [0.3, 0.4) is 0 Å². The van der Waals surface area contributed by atoms with Crippen LogP contribution in [0, 0.1) is 17.0 Å². The highest BCUT2D eigenvalue weighted by atomic mass is 32.1. The fourth-order valence-corrected chi connectivity index (χ4v) is 3.63. The van der Waals surface area contributed by atoms with Gasteiger partial charge in [-0.3, -0.25) is 15.5 Å². The second kappa shape index (κ2) is 8.62. The number of hydrogen-bond acceptors (Lipinski definition) is 6. The first-order valence-corrected chi connectivity index (χ1v) is 9.95. The molecule has 4 rings (SSSR count). The fourth-order valence-electron chi connectivity index (χ4n) is 2.73. The number of nitro benzene ring substituents is 1. The van der Waals surface area contributed by atoms with Crippen LogP contribution in [-0.2, 0) is 0 Å². The Morgan fingerprint density at radius 1 is 1.10 bits per heavy atom. The molecule has 148 valence electrons. The third kappa shape index (κ3) is 4.56. The topological polar surface area (TPSA) is 92.8 Å². The number of para-hydroxylation sites is 1. The molecule has 0 aliphatic heterocycles. The van der Waals surface area contributed by atoms with Crippen molar-refractivity contribution in [1.82, 2.24) is 10.4 Å². The highest BCUT2D eigenvalue weighted by molar-refractivity contribution is 7.20. The van der Waals surface area contributed by atoms with Crippen LogP contribution >= 0.6 is 11.3 Å². The maximum atomic E-state index is 11.0. The van der Waals surface area contributed by atoms with Gasteiger partial charge in [-0.15, -0.1) is 11.3 Å². The molecule has 0 saturated heterocycles. The molecular formula is C22H17N5O2S. The lowest BCUT2D eigenvalue weighted by Crippen LogP contribution is -2.18. The van der Waals surface area contributed by atoms with Crippen molar-refractivity contribution < 1.29 is 4.92 Å². The number of thiazole rings is 1. The minimum atomic E-state index is -0.434. The molecule has 0 bridgehead atoms. The van der Waals surface area contributed by atoms with Crippen LogP contribution in [0.4, 0.5) is 11.4 Å². The number of nitro groups is 1. The van der Waals surface area contributed by atoms with Gasteiger partial charge in [0.05, 0.1) is 27.0 Å². The molecule has 0 aliphatic rings. The Balaban J connectivity index is 1.65. The van der Waals surface area contributed by atoms with Crippen molar-refractivity contribution in [3.8, 4) is 0 Å². The fraction of sp³-hybridized carbons (Fsp3) is 0.0455. The van der Waals surface area contributed by atoms with E-state index in [0.29, 0.717) is 16.4 Å². The summed E-state index contributed by atoms with van der Waals surface area (Å²) in [5.74, 6) is 0.502. The second-order valence-corrected chi connectivity index (χ2v) is 7.54. The summed E-state index contributed by atoms with van der Waals surface area (Å²) in [4.78, 5) is 19.8. The number of aryl methyl sites for hydroxylation is 1. The largest absolute Gasteiger partial charge is 0.270 e. The molecule has 0 spiro atoms. The van der Waals surface area contributed by atoms with Crippen molar-refractivity contribution in [3.63, 3.8) is 0 Å². The number of nitrogens with one attached hydrogen (secondary N) is 1. The van der Waals surface area contributed by atoms with Gasteiger partial charge in [0.15, 0.2) is 10.8 Å². The maximum Gasteiger partial charge on any atom is 0.270 e. The lowest BCUT2D eigenvalue weighted by molar-refractivity contribution is -0.384. The highest BCUT2D eigenvalue weighted by Gasteiger charge is 2.11. The van der Waals surface area contributed by atoms with Crippen LogP contribution in [0.1, 0.15) is 16.1 Å². The van der Waals surface area contributed by atoms with E-state index >= 15 is 0 Å². The molecule has 0 aliphatic carbocycles. The van der Waals surface area contributed by atoms with Crippen molar-refractivity contribution in [1.29, 1.82) is 0 Å². The number of nitrogens with zero attached hydrogens (tertiary/aromatic N) is 4. The van der Waals surface area contributed by atoms with E-state index in [4.69, 9.17) is 0 Å². The summed E-state index contributed by atoms with van der Waals surface area (Å²) in [7, 11) is 0. The predicted octanol–water partition coefficient (Wildman–Crippen LogP) is 5.21. The van der Waals surface area contributed by atoms with Gasteiger partial charge >= 0.3 is 0 Å². The molecule has 0 saturated carbocycles. The molecule has 4 aromatic rings. The zero-order chi connectivity index (χ0) is 20.9. The Hall–Kier alpha value is -3.91. The first kappa shape index (κ1) is 19.4. The molecule has 1 heterocycles. The second-order valence-electron chi connectivity index (χ2n) is 6.50. The molecule has 0 atom stereocenters. The average molecular weight is 415 g/mol. The molecule has 1 aromatic heterocycles. The Morgan fingerprint density at radius 3 is 2.67 bits per heavy atom. The normalized spacial score (nSPS) is 11.8. The summed E-state index contributed by atoms with van der Waals surface area (Å²) in [6, 6.07) is 21.9. The summed E-state index contributed by atoms with van der Waals surface area (Å²) in [5, 5.41) is 15.9. The summed E-state index contributed by atoms with van der Waals surface area (Å²) in [6.07, 6.45) is 1.52. The van der Waals surface area contributed by atoms with Crippen LogP contribution in [0.5, 0.6) is 0 Å². The Labute approximate surface area is 176 Å². The zero-order valence-electron chi connectivity index (χ0n) is 16.0. The van der Waals surface area contributed by atoms with Crippen molar-refractivity contribution in [3.05, 3.63) is 99.0 Å². The van der Waals surface area contributed by atoms with Crippen molar-refractivity contribution in [2.24, 2.45) is 10.1 Å². The van der Waals surface area contributed by atoms with E-state index < -0.39 is 4.92 Å². The third-order valence-electron chi connectivity index (χ3n) is 4.24. The van der Waals surface area contributed by atoms with E-state index in [9.17, 15) is 10.1 Å². The SMILES string of the molecule is Cc1ccc(N=C(N/N=C\c2cccc([N+](=O)[O-])c2)c2nc3ccccc3s2)cc1. The van der Waals surface area contributed by atoms with Crippen molar-refractivity contribution >= 4 is 45.0 Å². The van der Waals surface area contributed by atoms with E-state index in [1.54, 1.807) is 12.1 Å². The van der Waals surface area contributed by atoms with E-state index in [-0.39, 0.29) is 5.69 Å². The zero-order valence-corrected chi connectivity index (χ0v) is 16.8. The summed E-state index contributed by atoms with van der Waals surface area (Å²) in [5.41, 5.74) is 6.38. The number of non-ortho nitro benzene ring substituents is 1. The number of aliphatic imine (C=N–C) groups is 1. The molecule has 0 amide bonds. The maximum absolute atomic E-state index is 11.0. The van der Waals surface area contributed by atoms with Gasteiger partial charge in [-0.05, 0) is 31.2 Å². The van der Waals surface area contributed by atoms with Gasteiger partial charge in [-0.25, -0.2) is 9.98 Å². The number of rotatable bonds is 5. The van der Waals surface area contributed by atoms with Gasteiger partial charge in [-0.1, -0.05) is 42.0 Å². The average Bonchev–Trinajstić information content (AvgIpc) is 3.19. The lowest BCUT2D eigenvalue weighted by atomic mass is 10.2. The molecule has 0 radical (unpaired) electrons. The lowest BCUT2D eigenvalue weighted by Gasteiger charge is -2.03. The molecule has 0 fully saturated rings. The third-order valence-corrected chi connectivity index (χ3v) is 5.28. The minimum absolute atomic E-state index is 0.0127. The first-order valence-electron chi connectivity index (χ1n) is 9.13. The molecule has 1 N–H and O–H groups in total. The van der Waals surface area contributed by atoms with Crippen LogP contribution in [0.25, 0.3) is 10.2 Å². The van der Waals surface area contributed by atoms with Gasteiger partial charge in [-0.2, -0.15) is 5.10 Å². The number of benzene rings is 3. The van der Waals surface area contributed by atoms with E-state index in [1.807, 2.05) is 55.5 Å². The quantitative estimate of drug-likeness (QED) is 0.209. The van der Waals surface area contributed by atoms with E-state index in [1.165, 1.54) is 29.7 Å². The first-order chi connectivity index (χ1) is 14.6. The van der Waals surface area contributed by atoms with Gasteiger partial charge < -0.3 is 0 Å². The number of hydrogen-bond donors (Lipinski definition) is 1. The van der Waals surface area contributed by atoms with Gasteiger partial charge in [0.2, 0.25) is 0 Å². The number of hydrazone groups is 1. The Morgan fingerprint density at radius 2 is 1.90 bits per heavy atom. The standard InChI is InChI=1S/C22H17N5O2S/c1-15-9-11-17(12-10-15)24-21(22-25-19-7-2-3-8-20(19)30-22)26-23-14-16-5-4-6-18(13-16)27(28)29/h2-14H,1H3,(H,24,26)/b23-14-. The monoisotopic (exact) mass is 415 g/mol. The molecule has 30 heavy (non-hydrogen) atoms. The molecule has 3 aromatic carbocycles. The highest BCUT2D eigenvalue weighted by Crippen LogP contribution is 2.23. The summed E-state index contributed by atoms with van der Waals surface area (Å²) < 4.78 is 1.05. The smallest absolute Gasteiger partial charge is 0.259 e. The van der Waals surface area contributed by atoms with E-state index in [2.05, 4.69) is 20.5 Å². The van der Waals surface area contributed by atoms with Crippen LogP contribution in [-0.4, -0.2) is 22.0 Å². The van der Waals surface area contributed by atoms with Crippen LogP contribution in [0.15, 0.2) is 82.9 Å². The van der Waals surface area contributed by atoms with Gasteiger partial charge in [0.25, 0.3) is 5.69 Å². The molecule has 8 heteroatoms. The molecular weight excluding hydrogens is 398 g/mol. The van der Waals surface area contributed by atoms with E-state index in [0.717, 1.165) is 21.5 Å². The minimum Gasteiger partial charge on any atom is -0.259 e. The summed E-state index contributed by atoms with van der Waals surface area (Å²) >= 11 is 1.51. The Bertz CT molecular complexity index is 1230. The number of amidine groups is 1. The van der Waals surface area contributed by atoms with Crippen molar-refractivity contribution in [2.45, 2.75) is 6.92 Å². The van der Waals surface area contributed by atoms with Crippen LogP contribution < -0.4 is 5.43 Å². The van der Waals surface area contributed by atoms with Crippen LogP contribution in [0.2, 0.25) is 0 Å². The molecule has 7 nitrogen and oxygen atoms in total. The predicted molar refractivity (Wildman–Crippen MR) is 121 cm³/mol. The number of aromatic nitrogens is 1. The van der Waals surface area contributed by atoms with Gasteiger partial charge in [0, 0.05) is 17.7 Å². The van der Waals surface area contributed by atoms with Gasteiger partial charge in [0.1, 0.15) is 0 Å².